The minimum atomic E-state index is -0.920. The molecule has 0 heterocycles. The predicted octanol–water partition coefficient (Wildman–Crippen LogP) is 3.08. The van der Waals surface area contributed by atoms with Gasteiger partial charge in [0.2, 0.25) is 11.7 Å². The van der Waals surface area contributed by atoms with Gasteiger partial charge >= 0.3 is 5.97 Å². The molecular weight excluding hydrogens is 322 g/mol. The second-order valence-electron chi connectivity index (χ2n) is 5.40. The third kappa shape index (κ3) is 4.91. The van der Waals surface area contributed by atoms with E-state index in [1.54, 1.807) is 43.5 Å². The van der Waals surface area contributed by atoms with Crippen LogP contribution in [0, 0.1) is 0 Å². The van der Waals surface area contributed by atoms with Crippen LogP contribution in [0.2, 0.25) is 0 Å². The average molecular weight is 341 g/mol. The maximum Gasteiger partial charge on any atom is 0.338 e. The van der Waals surface area contributed by atoms with Gasteiger partial charge < -0.3 is 14.8 Å². The van der Waals surface area contributed by atoms with Crippen LogP contribution in [-0.4, -0.2) is 30.9 Å². The summed E-state index contributed by atoms with van der Waals surface area (Å²) in [5.74, 6) is -0.468. The zero-order chi connectivity index (χ0) is 18.4. The molecule has 1 unspecified atom stereocenters. The Labute approximate surface area is 145 Å². The van der Waals surface area contributed by atoms with Crippen molar-refractivity contribution in [1.82, 2.24) is 0 Å². The second-order valence-corrected chi connectivity index (χ2v) is 5.40. The number of hydrogen-bond donors (Lipinski definition) is 1. The van der Waals surface area contributed by atoms with Crippen LogP contribution in [0.3, 0.4) is 0 Å². The number of Topliss-reactive ketones (excluding diaryl/α,β-unsaturated/α-hetero) is 1. The first-order valence-electron chi connectivity index (χ1n) is 7.67. The molecule has 1 atom stereocenters. The Kier molecular flexibility index (Phi) is 5.89. The second kappa shape index (κ2) is 8.10. The SMILES string of the molecule is COc1ccc(C(=O)C(C)OC(=O)c2ccc(NC(C)=O)cc2)cc1. The molecular formula is C19H19NO5. The van der Waals surface area contributed by atoms with Crippen molar-refractivity contribution in [3.63, 3.8) is 0 Å². The molecule has 0 aromatic heterocycles. The Morgan fingerprint density at radius 2 is 1.48 bits per heavy atom. The molecule has 2 rings (SSSR count). The number of rotatable bonds is 6. The highest BCUT2D eigenvalue weighted by atomic mass is 16.5. The van der Waals surface area contributed by atoms with Gasteiger partial charge in [-0.2, -0.15) is 0 Å². The topological polar surface area (TPSA) is 81.7 Å². The summed E-state index contributed by atoms with van der Waals surface area (Å²) in [5.41, 5.74) is 1.30. The van der Waals surface area contributed by atoms with Crippen molar-refractivity contribution in [2.24, 2.45) is 0 Å². The molecule has 1 N–H and O–H groups in total. The molecule has 0 fully saturated rings. The average Bonchev–Trinajstić information content (AvgIpc) is 2.61. The van der Waals surface area contributed by atoms with E-state index >= 15 is 0 Å². The summed E-state index contributed by atoms with van der Waals surface area (Å²) in [6, 6.07) is 12.8. The van der Waals surface area contributed by atoms with E-state index < -0.39 is 12.1 Å². The molecule has 25 heavy (non-hydrogen) atoms. The van der Waals surface area contributed by atoms with Crippen LogP contribution in [0.5, 0.6) is 5.75 Å². The molecule has 1 amide bonds. The lowest BCUT2D eigenvalue weighted by molar-refractivity contribution is -0.114. The van der Waals surface area contributed by atoms with Gasteiger partial charge in [-0.15, -0.1) is 0 Å². The monoisotopic (exact) mass is 341 g/mol. The molecule has 0 saturated carbocycles. The summed E-state index contributed by atoms with van der Waals surface area (Å²) in [4.78, 5) is 35.4. The summed E-state index contributed by atoms with van der Waals surface area (Å²) in [5, 5.41) is 2.61. The smallest absolute Gasteiger partial charge is 0.338 e. The number of carbonyl (C=O) groups excluding carboxylic acids is 3. The Morgan fingerprint density at radius 1 is 0.920 bits per heavy atom. The summed E-state index contributed by atoms with van der Waals surface area (Å²) in [7, 11) is 1.54. The van der Waals surface area contributed by atoms with Crippen LogP contribution in [0.15, 0.2) is 48.5 Å². The number of benzene rings is 2. The third-order valence-corrected chi connectivity index (χ3v) is 3.47. The predicted molar refractivity (Wildman–Crippen MR) is 92.9 cm³/mol. The maximum absolute atomic E-state index is 12.3. The molecule has 0 bridgehead atoms. The molecule has 6 nitrogen and oxygen atoms in total. The van der Waals surface area contributed by atoms with Gasteiger partial charge in [-0.05, 0) is 55.5 Å². The zero-order valence-electron chi connectivity index (χ0n) is 14.2. The largest absolute Gasteiger partial charge is 0.497 e. The lowest BCUT2D eigenvalue weighted by Crippen LogP contribution is -2.24. The van der Waals surface area contributed by atoms with E-state index in [0.29, 0.717) is 22.6 Å². The van der Waals surface area contributed by atoms with E-state index in [0.717, 1.165) is 0 Å². The van der Waals surface area contributed by atoms with E-state index in [9.17, 15) is 14.4 Å². The van der Waals surface area contributed by atoms with Crippen molar-refractivity contribution in [2.45, 2.75) is 20.0 Å². The molecule has 130 valence electrons. The van der Waals surface area contributed by atoms with Crippen LogP contribution >= 0.6 is 0 Å². The standard InChI is InChI=1S/C19H19NO5/c1-12(18(22)14-6-10-17(24-3)11-7-14)25-19(23)15-4-8-16(9-5-15)20-13(2)21/h4-12H,1-3H3,(H,20,21). The Bertz CT molecular complexity index is 765. The molecule has 0 aliphatic carbocycles. The van der Waals surface area contributed by atoms with Gasteiger partial charge in [0.05, 0.1) is 12.7 Å². The van der Waals surface area contributed by atoms with E-state index in [1.807, 2.05) is 0 Å². The summed E-state index contributed by atoms with van der Waals surface area (Å²) >= 11 is 0. The van der Waals surface area contributed by atoms with Gasteiger partial charge in [0.1, 0.15) is 5.75 Å². The fourth-order valence-electron chi connectivity index (χ4n) is 2.17. The molecule has 0 spiro atoms. The lowest BCUT2D eigenvalue weighted by atomic mass is 10.1. The van der Waals surface area contributed by atoms with Gasteiger partial charge in [0.15, 0.2) is 6.10 Å². The normalized spacial score (nSPS) is 11.3. The Morgan fingerprint density at radius 3 is 2.00 bits per heavy atom. The lowest BCUT2D eigenvalue weighted by Gasteiger charge is -2.13. The number of nitrogens with one attached hydrogen (secondary N) is 1. The highest BCUT2D eigenvalue weighted by Gasteiger charge is 2.20. The van der Waals surface area contributed by atoms with Gasteiger partial charge in [0.25, 0.3) is 0 Å². The zero-order valence-corrected chi connectivity index (χ0v) is 14.2. The van der Waals surface area contributed by atoms with Crippen LogP contribution in [0.1, 0.15) is 34.6 Å². The molecule has 2 aromatic rings. The number of esters is 1. The van der Waals surface area contributed by atoms with Crippen molar-refractivity contribution in [1.29, 1.82) is 0 Å². The first kappa shape index (κ1) is 18.2. The molecule has 0 aliphatic heterocycles. The fourth-order valence-corrected chi connectivity index (χ4v) is 2.17. The van der Waals surface area contributed by atoms with Gasteiger partial charge in [-0.25, -0.2) is 4.79 Å². The maximum atomic E-state index is 12.3. The summed E-state index contributed by atoms with van der Waals surface area (Å²) in [6.07, 6.45) is -0.920. The van der Waals surface area contributed by atoms with Crippen molar-refractivity contribution >= 4 is 23.3 Å². The van der Waals surface area contributed by atoms with Gasteiger partial charge in [-0.3, -0.25) is 9.59 Å². The molecule has 2 aromatic carbocycles. The van der Waals surface area contributed by atoms with Crippen molar-refractivity contribution < 1.29 is 23.9 Å². The first-order chi connectivity index (χ1) is 11.9. The molecule has 6 heteroatoms. The number of hydrogen-bond acceptors (Lipinski definition) is 5. The van der Waals surface area contributed by atoms with Crippen molar-refractivity contribution in [2.75, 3.05) is 12.4 Å². The number of ether oxygens (including phenoxy) is 2. The minimum Gasteiger partial charge on any atom is -0.497 e. The van der Waals surface area contributed by atoms with E-state index in [2.05, 4.69) is 5.32 Å². The summed E-state index contributed by atoms with van der Waals surface area (Å²) in [6.45, 7) is 2.92. The van der Waals surface area contributed by atoms with Gasteiger partial charge in [-0.1, -0.05) is 0 Å². The highest BCUT2D eigenvalue weighted by Crippen LogP contribution is 2.15. The van der Waals surface area contributed by atoms with Gasteiger partial charge in [0, 0.05) is 18.2 Å². The van der Waals surface area contributed by atoms with Crippen LogP contribution in [0.4, 0.5) is 5.69 Å². The van der Waals surface area contributed by atoms with E-state index in [1.165, 1.54) is 26.0 Å². The molecule has 0 saturated heterocycles. The van der Waals surface area contributed by atoms with E-state index in [-0.39, 0.29) is 11.7 Å². The molecule has 0 aliphatic rings. The van der Waals surface area contributed by atoms with Crippen LogP contribution in [-0.2, 0) is 9.53 Å². The van der Waals surface area contributed by atoms with Crippen molar-refractivity contribution in [3.8, 4) is 5.75 Å². The summed E-state index contributed by atoms with van der Waals surface area (Å²) < 4.78 is 10.3. The minimum absolute atomic E-state index is 0.200. The number of ketones is 1. The quantitative estimate of drug-likeness (QED) is 0.645. The van der Waals surface area contributed by atoms with Crippen molar-refractivity contribution in [3.05, 3.63) is 59.7 Å². The fraction of sp³-hybridized carbons (Fsp3) is 0.211. The number of anilines is 1. The molecule has 0 radical (unpaired) electrons. The number of amides is 1. The van der Waals surface area contributed by atoms with Crippen LogP contribution in [0.25, 0.3) is 0 Å². The number of methoxy groups -OCH3 is 1. The highest BCUT2D eigenvalue weighted by molar-refractivity contribution is 6.01. The van der Waals surface area contributed by atoms with E-state index in [4.69, 9.17) is 9.47 Å². The van der Waals surface area contributed by atoms with Crippen LogP contribution < -0.4 is 10.1 Å². The Hall–Kier alpha value is -3.15. The third-order valence-electron chi connectivity index (χ3n) is 3.47. The number of carbonyl (C=O) groups is 3. The first-order valence-corrected chi connectivity index (χ1v) is 7.67. The Balaban J connectivity index is 2.00.